The fourth-order valence-corrected chi connectivity index (χ4v) is 2.68. The summed E-state index contributed by atoms with van der Waals surface area (Å²) in [5.41, 5.74) is 2.10. The topological polar surface area (TPSA) is 84.0 Å². The third-order valence-electron chi connectivity index (χ3n) is 4.04. The van der Waals surface area contributed by atoms with Crippen LogP contribution in [0.1, 0.15) is 48.5 Å². The molecular formula is C23H24N4O2. The van der Waals surface area contributed by atoms with E-state index in [9.17, 15) is 9.59 Å². The van der Waals surface area contributed by atoms with Crippen LogP contribution in [0.5, 0.6) is 0 Å². The lowest BCUT2D eigenvalue weighted by molar-refractivity contribution is 0.0913. The van der Waals surface area contributed by atoms with E-state index in [1.165, 1.54) is 6.92 Å². The molecule has 1 aromatic heterocycles. The van der Waals surface area contributed by atoms with Crippen LogP contribution in [0.15, 0.2) is 60.7 Å². The van der Waals surface area contributed by atoms with E-state index in [-0.39, 0.29) is 22.9 Å². The van der Waals surface area contributed by atoms with E-state index in [0.29, 0.717) is 17.2 Å². The van der Waals surface area contributed by atoms with Gasteiger partial charge in [0.1, 0.15) is 11.5 Å². The average Bonchev–Trinajstić information content (AvgIpc) is 2.67. The Morgan fingerprint density at radius 2 is 1.55 bits per heavy atom. The zero-order chi connectivity index (χ0) is 21.0. The molecule has 0 unspecified atom stereocenters. The molecule has 3 rings (SSSR count). The number of amides is 1. The number of hydrogen-bond donors (Lipinski definition) is 2. The third-order valence-corrected chi connectivity index (χ3v) is 4.04. The highest BCUT2D eigenvalue weighted by atomic mass is 16.2. The van der Waals surface area contributed by atoms with Crippen molar-refractivity contribution in [1.29, 1.82) is 0 Å². The Morgan fingerprint density at radius 3 is 2.14 bits per heavy atom. The van der Waals surface area contributed by atoms with Crippen LogP contribution in [-0.4, -0.2) is 27.2 Å². The van der Waals surface area contributed by atoms with Gasteiger partial charge in [-0.25, -0.2) is 9.97 Å². The van der Waals surface area contributed by atoms with Crippen molar-refractivity contribution in [3.63, 3.8) is 0 Å². The number of Topliss-reactive ketones (excluding diaryl/α,β-unsaturated/α-hetero) is 1. The first-order valence-corrected chi connectivity index (χ1v) is 9.36. The molecule has 1 heterocycles. The first-order valence-electron chi connectivity index (χ1n) is 9.36. The average molecular weight is 388 g/mol. The fraction of sp³-hybridized carbons (Fsp3) is 0.217. The Labute approximate surface area is 170 Å². The van der Waals surface area contributed by atoms with Crippen molar-refractivity contribution in [3.05, 3.63) is 71.9 Å². The summed E-state index contributed by atoms with van der Waals surface area (Å²) >= 11 is 0. The maximum atomic E-state index is 12.7. The second-order valence-corrected chi connectivity index (χ2v) is 7.79. The van der Waals surface area contributed by atoms with Gasteiger partial charge in [0, 0.05) is 28.4 Å². The standard InChI is InChI=1S/C23H24N4O2/c1-15(28)16-10-12-18(13-11-16)24-20-14-19(22(29)27-23(2,3)4)25-21(26-20)17-8-6-5-7-9-17/h5-14H,1-4H3,(H,27,29)(H,24,25,26). The van der Waals surface area contributed by atoms with Gasteiger partial charge >= 0.3 is 0 Å². The van der Waals surface area contributed by atoms with E-state index in [0.717, 1.165) is 11.3 Å². The molecular weight excluding hydrogens is 364 g/mol. The van der Waals surface area contributed by atoms with Crippen LogP contribution in [0.3, 0.4) is 0 Å². The summed E-state index contributed by atoms with van der Waals surface area (Å²) in [6, 6.07) is 18.2. The van der Waals surface area contributed by atoms with Gasteiger partial charge in [-0.05, 0) is 52.0 Å². The highest BCUT2D eigenvalue weighted by molar-refractivity contribution is 5.95. The van der Waals surface area contributed by atoms with Crippen molar-refractivity contribution in [2.75, 3.05) is 5.32 Å². The van der Waals surface area contributed by atoms with Crippen molar-refractivity contribution in [2.45, 2.75) is 33.2 Å². The molecule has 3 aromatic rings. The lowest BCUT2D eigenvalue weighted by Gasteiger charge is -2.20. The third kappa shape index (κ3) is 5.48. The maximum absolute atomic E-state index is 12.7. The van der Waals surface area contributed by atoms with Crippen molar-refractivity contribution in [1.82, 2.24) is 15.3 Å². The van der Waals surface area contributed by atoms with E-state index in [4.69, 9.17) is 0 Å². The van der Waals surface area contributed by atoms with Gasteiger partial charge in [-0.15, -0.1) is 0 Å². The predicted molar refractivity (Wildman–Crippen MR) is 114 cm³/mol. The van der Waals surface area contributed by atoms with Crippen molar-refractivity contribution in [3.8, 4) is 11.4 Å². The highest BCUT2D eigenvalue weighted by Crippen LogP contribution is 2.21. The van der Waals surface area contributed by atoms with E-state index in [2.05, 4.69) is 20.6 Å². The van der Waals surface area contributed by atoms with Crippen molar-refractivity contribution < 1.29 is 9.59 Å². The fourth-order valence-electron chi connectivity index (χ4n) is 2.68. The Bertz CT molecular complexity index is 1020. The van der Waals surface area contributed by atoms with Crippen LogP contribution in [0.2, 0.25) is 0 Å². The molecule has 0 radical (unpaired) electrons. The largest absolute Gasteiger partial charge is 0.346 e. The van der Waals surface area contributed by atoms with Gasteiger partial charge in [-0.3, -0.25) is 9.59 Å². The minimum absolute atomic E-state index is 0.00564. The van der Waals surface area contributed by atoms with Crippen molar-refractivity contribution >= 4 is 23.2 Å². The van der Waals surface area contributed by atoms with Gasteiger partial charge in [-0.1, -0.05) is 30.3 Å². The first-order chi connectivity index (χ1) is 13.7. The zero-order valence-electron chi connectivity index (χ0n) is 17.0. The summed E-state index contributed by atoms with van der Waals surface area (Å²) < 4.78 is 0. The molecule has 0 saturated carbocycles. The van der Waals surface area contributed by atoms with Gasteiger partial charge in [0.2, 0.25) is 0 Å². The Morgan fingerprint density at radius 1 is 0.897 bits per heavy atom. The molecule has 1 amide bonds. The normalized spacial score (nSPS) is 11.0. The molecule has 6 heteroatoms. The lowest BCUT2D eigenvalue weighted by atomic mass is 10.1. The molecule has 29 heavy (non-hydrogen) atoms. The molecule has 0 aliphatic carbocycles. The van der Waals surface area contributed by atoms with Gasteiger partial charge in [0.25, 0.3) is 5.91 Å². The number of nitrogens with one attached hydrogen (secondary N) is 2. The maximum Gasteiger partial charge on any atom is 0.270 e. The minimum atomic E-state index is -0.384. The molecule has 2 N–H and O–H groups in total. The second-order valence-electron chi connectivity index (χ2n) is 7.79. The number of benzene rings is 2. The quantitative estimate of drug-likeness (QED) is 0.623. The van der Waals surface area contributed by atoms with Gasteiger partial charge < -0.3 is 10.6 Å². The number of anilines is 2. The number of aromatic nitrogens is 2. The van der Waals surface area contributed by atoms with E-state index in [1.54, 1.807) is 30.3 Å². The minimum Gasteiger partial charge on any atom is -0.346 e. The molecule has 0 aliphatic rings. The summed E-state index contributed by atoms with van der Waals surface area (Å²) in [4.78, 5) is 33.2. The Balaban J connectivity index is 1.97. The number of rotatable bonds is 5. The zero-order valence-corrected chi connectivity index (χ0v) is 17.0. The predicted octanol–water partition coefficient (Wildman–Crippen LogP) is 4.62. The monoisotopic (exact) mass is 388 g/mol. The SMILES string of the molecule is CC(=O)c1ccc(Nc2cc(C(=O)NC(C)(C)C)nc(-c3ccccc3)n2)cc1. The van der Waals surface area contributed by atoms with Crippen LogP contribution in [0.25, 0.3) is 11.4 Å². The number of nitrogens with zero attached hydrogens (tertiary/aromatic N) is 2. The van der Waals surface area contributed by atoms with Gasteiger partial charge in [-0.2, -0.15) is 0 Å². The summed E-state index contributed by atoms with van der Waals surface area (Å²) in [5, 5.41) is 6.13. The summed E-state index contributed by atoms with van der Waals surface area (Å²) in [6.07, 6.45) is 0. The second kappa shape index (κ2) is 8.22. The van der Waals surface area contributed by atoms with E-state index >= 15 is 0 Å². The molecule has 0 aliphatic heterocycles. The van der Waals surface area contributed by atoms with Crippen LogP contribution in [-0.2, 0) is 0 Å². The van der Waals surface area contributed by atoms with Crippen LogP contribution in [0, 0.1) is 0 Å². The Kier molecular flexibility index (Phi) is 5.73. The molecule has 2 aromatic carbocycles. The van der Waals surface area contributed by atoms with Crippen molar-refractivity contribution in [2.24, 2.45) is 0 Å². The summed E-state index contributed by atoms with van der Waals surface area (Å²) in [7, 11) is 0. The number of ketones is 1. The van der Waals surface area contributed by atoms with Gasteiger partial charge in [0.05, 0.1) is 0 Å². The summed E-state index contributed by atoms with van der Waals surface area (Å²) in [6.45, 7) is 7.28. The summed E-state index contributed by atoms with van der Waals surface area (Å²) in [5.74, 6) is 0.682. The molecule has 0 bridgehead atoms. The molecule has 0 fully saturated rings. The molecule has 148 valence electrons. The lowest BCUT2D eigenvalue weighted by Crippen LogP contribution is -2.41. The Hall–Kier alpha value is -3.54. The molecule has 0 atom stereocenters. The number of carbonyl (C=O) groups excluding carboxylic acids is 2. The molecule has 6 nitrogen and oxygen atoms in total. The van der Waals surface area contributed by atoms with Crippen LogP contribution >= 0.6 is 0 Å². The van der Waals surface area contributed by atoms with E-state index in [1.807, 2.05) is 51.1 Å². The van der Waals surface area contributed by atoms with Crippen LogP contribution < -0.4 is 10.6 Å². The van der Waals surface area contributed by atoms with Crippen LogP contribution in [0.4, 0.5) is 11.5 Å². The van der Waals surface area contributed by atoms with Gasteiger partial charge in [0.15, 0.2) is 11.6 Å². The number of hydrogen-bond acceptors (Lipinski definition) is 5. The highest BCUT2D eigenvalue weighted by Gasteiger charge is 2.18. The number of carbonyl (C=O) groups is 2. The smallest absolute Gasteiger partial charge is 0.270 e. The molecule has 0 spiro atoms. The molecule has 0 saturated heterocycles. The first kappa shape index (κ1) is 20.2. The van der Waals surface area contributed by atoms with E-state index < -0.39 is 0 Å².